The third-order valence-corrected chi connectivity index (χ3v) is 3.47. The SMILES string of the molecule is C=[N+](C)C(c1ccccc1)c1c[nH]c2ccccc12. The third-order valence-electron chi connectivity index (χ3n) is 3.47. The quantitative estimate of drug-likeness (QED) is 0.540. The van der Waals surface area contributed by atoms with Crippen LogP contribution < -0.4 is 0 Å². The standard InChI is InChI=1S/C17H17N2/c1-19(2)17(13-8-4-3-5-9-13)15-12-18-16-11-7-6-10-14(15)16/h3-12,17-18H,1H2,2H3/q+1. The monoisotopic (exact) mass is 249 g/mol. The van der Waals surface area contributed by atoms with Gasteiger partial charge < -0.3 is 4.98 Å². The van der Waals surface area contributed by atoms with E-state index in [-0.39, 0.29) is 6.04 Å². The summed E-state index contributed by atoms with van der Waals surface area (Å²) in [6, 6.07) is 19.0. The Kier molecular flexibility index (Phi) is 2.92. The van der Waals surface area contributed by atoms with Gasteiger partial charge >= 0.3 is 0 Å². The molecule has 0 aliphatic carbocycles. The van der Waals surface area contributed by atoms with E-state index in [1.54, 1.807) is 0 Å². The van der Waals surface area contributed by atoms with E-state index < -0.39 is 0 Å². The first-order chi connectivity index (χ1) is 9.27. The molecule has 19 heavy (non-hydrogen) atoms. The molecular weight excluding hydrogens is 232 g/mol. The van der Waals surface area contributed by atoms with Crippen molar-refractivity contribution in [2.24, 2.45) is 0 Å². The number of hydrogen-bond donors (Lipinski definition) is 1. The van der Waals surface area contributed by atoms with Gasteiger partial charge in [-0.25, -0.2) is 4.58 Å². The molecule has 2 aromatic carbocycles. The highest BCUT2D eigenvalue weighted by molar-refractivity contribution is 5.83. The lowest BCUT2D eigenvalue weighted by Crippen LogP contribution is -2.14. The Morgan fingerprint density at radius 3 is 2.42 bits per heavy atom. The molecule has 0 spiro atoms. The highest BCUT2D eigenvalue weighted by Crippen LogP contribution is 2.30. The summed E-state index contributed by atoms with van der Waals surface area (Å²) in [5.74, 6) is 0. The number of para-hydroxylation sites is 1. The average Bonchev–Trinajstić information content (AvgIpc) is 2.84. The van der Waals surface area contributed by atoms with Crippen molar-refractivity contribution in [3.63, 3.8) is 0 Å². The smallest absolute Gasteiger partial charge is 0.204 e. The van der Waals surface area contributed by atoms with Crippen molar-refractivity contribution in [1.82, 2.24) is 4.98 Å². The van der Waals surface area contributed by atoms with E-state index in [0.717, 1.165) is 0 Å². The number of benzene rings is 2. The van der Waals surface area contributed by atoms with E-state index in [0.29, 0.717) is 0 Å². The predicted octanol–water partition coefficient (Wildman–Crippen LogP) is 3.60. The lowest BCUT2D eigenvalue weighted by Gasteiger charge is -2.12. The minimum atomic E-state index is 0.164. The molecule has 3 rings (SSSR count). The van der Waals surface area contributed by atoms with Crippen LogP contribution >= 0.6 is 0 Å². The molecule has 1 N–H and O–H groups in total. The van der Waals surface area contributed by atoms with Crippen molar-refractivity contribution >= 4 is 17.6 Å². The number of H-pyrrole nitrogens is 1. The molecule has 0 radical (unpaired) electrons. The highest BCUT2D eigenvalue weighted by Gasteiger charge is 2.23. The van der Waals surface area contributed by atoms with E-state index in [4.69, 9.17) is 0 Å². The van der Waals surface area contributed by atoms with Gasteiger partial charge in [0.2, 0.25) is 6.04 Å². The maximum Gasteiger partial charge on any atom is 0.204 e. The first kappa shape index (κ1) is 11.7. The summed E-state index contributed by atoms with van der Waals surface area (Å²) in [7, 11) is 2.01. The molecule has 0 aliphatic heterocycles. The Morgan fingerprint density at radius 1 is 1.00 bits per heavy atom. The summed E-state index contributed by atoms with van der Waals surface area (Å²) >= 11 is 0. The molecule has 0 saturated carbocycles. The molecule has 1 aromatic heterocycles. The van der Waals surface area contributed by atoms with Crippen molar-refractivity contribution in [3.05, 3.63) is 71.9 Å². The largest absolute Gasteiger partial charge is 0.361 e. The molecule has 0 aliphatic rings. The van der Waals surface area contributed by atoms with E-state index in [1.165, 1.54) is 22.0 Å². The van der Waals surface area contributed by atoms with Gasteiger partial charge in [0.15, 0.2) is 0 Å². The molecule has 0 bridgehead atoms. The first-order valence-corrected chi connectivity index (χ1v) is 6.41. The molecule has 1 atom stereocenters. The average molecular weight is 249 g/mol. The molecule has 0 fully saturated rings. The van der Waals surface area contributed by atoms with Gasteiger partial charge in [-0.2, -0.15) is 0 Å². The molecule has 2 nitrogen and oxygen atoms in total. The third kappa shape index (κ3) is 2.06. The van der Waals surface area contributed by atoms with Gasteiger partial charge in [-0.1, -0.05) is 48.5 Å². The summed E-state index contributed by atoms with van der Waals surface area (Å²) < 4.78 is 2.00. The van der Waals surface area contributed by atoms with Crippen LogP contribution in [0.2, 0.25) is 0 Å². The van der Waals surface area contributed by atoms with Crippen LogP contribution in [0.3, 0.4) is 0 Å². The lowest BCUT2D eigenvalue weighted by atomic mass is 9.98. The van der Waals surface area contributed by atoms with Crippen molar-refractivity contribution in [2.45, 2.75) is 6.04 Å². The lowest BCUT2D eigenvalue weighted by molar-refractivity contribution is -0.524. The van der Waals surface area contributed by atoms with Gasteiger partial charge in [0.25, 0.3) is 0 Å². The van der Waals surface area contributed by atoms with Crippen LogP contribution in [0.1, 0.15) is 17.2 Å². The highest BCUT2D eigenvalue weighted by atomic mass is 15.0. The summed E-state index contributed by atoms with van der Waals surface area (Å²) in [6.45, 7) is 4.10. The number of aromatic amines is 1. The number of nitrogens with one attached hydrogen (secondary N) is 1. The zero-order valence-electron chi connectivity index (χ0n) is 11.0. The molecule has 1 heterocycles. The maximum absolute atomic E-state index is 4.10. The fraction of sp³-hybridized carbons (Fsp3) is 0.118. The van der Waals surface area contributed by atoms with Gasteiger partial charge in [0, 0.05) is 28.2 Å². The van der Waals surface area contributed by atoms with E-state index in [9.17, 15) is 0 Å². The minimum Gasteiger partial charge on any atom is -0.361 e. The number of fused-ring (bicyclic) bond motifs is 1. The fourth-order valence-electron chi connectivity index (χ4n) is 2.63. The predicted molar refractivity (Wildman–Crippen MR) is 79.9 cm³/mol. The van der Waals surface area contributed by atoms with Gasteiger partial charge in [0.05, 0.1) is 0 Å². The number of nitrogens with zero attached hydrogens (tertiary/aromatic N) is 1. The Balaban J connectivity index is 2.18. The van der Waals surface area contributed by atoms with Crippen LogP contribution in [0.25, 0.3) is 10.9 Å². The van der Waals surface area contributed by atoms with Crippen molar-refractivity contribution < 1.29 is 4.58 Å². The van der Waals surface area contributed by atoms with Gasteiger partial charge in [-0.05, 0) is 6.07 Å². The summed E-state index contributed by atoms with van der Waals surface area (Å²) in [4.78, 5) is 3.34. The van der Waals surface area contributed by atoms with Crippen LogP contribution in [0.4, 0.5) is 0 Å². The summed E-state index contributed by atoms with van der Waals surface area (Å²) in [5, 5.41) is 1.26. The molecule has 94 valence electrons. The summed E-state index contributed by atoms with van der Waals surface area (Å²) in [5.41, 5.74) is 3.68. The molecule has 0 saturated heterocycles. The number of aromatic nitrogens is 1. The minimum absolute atomic E-state index is 0.164. The van der Waals surface area contributed by atoms with Crippen LogP contribution in [-0.2, 0) is 0 Å². The van der Waals surface area contributed by atoms with E-state index in [2.05, 4.69) is 60.4 Å². The second kappa shape index (κ2) is 4.73. The zero-order chi connectivity index (χ0) is 13.2. The molecule has 2 heteroatoms. The van der Waals surface area contributed by atoms with Gasteiger partial charge in [-0.15, -0.1) is 0 Å². The van der Waals surface area contributed by atoms with Crippen molar-refractivity contribution in [2.75, 3.05) is 7.05 Å². The summed E-state index contributed by atoms with van der Waals surface area (Å²) in [6.07, 6.45) is 2.09. The fourth-order valence-corrected chi connectivity index (χ4v) is 2.63. The molecule has 1 unspecified atom stereocenters. The van der Waals surface area contributed by atoms with Gasteiger partial charge in [0.1, 0.15) is 13.8 Å². The van der Waals surface area contributed by atoms with Crippen LogP contribution in [-0.4, -0.2) is 23.3 Å². The normalized spacial score (nSPS) is 12.5. The van der Waals surface area contributed by atoms with Crippen molar-refractivity contribution in [3.8, 4) is 0 Å². The number of hydrogen-bond acceptors (Lipinski definition) is 0. The maximum atomic E-state index is 4.10. The van der Waals surface area contributed by atoms with Crippen molar-refractivity contribution in [1.29, 1.82) is 0 Å². The molecule has 0 amide bonds. The zero-order valence-corrected chi connectivity index (χ0v) is 11.0. The number of rotatable bonds is 3. The van der Waals surface area contributed by atoms with Crippen LogP contribution in [0.5, 0.6) is 0 Å². The first-order valence-electron chi connectivity index (χ1n) is 6.41. The Morgan fingerprint density at radius 2 is 1.68 bits per heavy atom. The van der Waals surface area contributed by atoms with E-state index >= 15 is 0 Å². The second-order valence-corrected chi connectivity index (χ2v) is 4.86. The Labute approximate surface area is 113 Å². The topological polar surface area (TPSA) is 18.8 Å². The van der Waals surface area contributed by atoms with Crippen LogP contribution in [0, 0.1) is 0 Å². The second-order valence-electron chi connectivity index (χ2n) is 4.86. The van der Waals surface area contributed by atoms with Gasteiger partial charge in [-0.3, -0.25) is 0 Å². The Bertz CT molecular complexity index is 710. The van der Waals surface area contributed by atoms with E-state index in [1.807, 2.05) is 23.8 Å². The molecular formula is C17H17N2+. The molecule has 3 aromatic rings. The Hall–Kier alpha value is -2.35. The van der Waals surface area contributed by atoms with Crippen LogP contribution in [0.15, 0.2) is 60.8 Å².